The summed E-state index contributed by atoms with van der Waals surface area (Å²) in [6.07, 6.45) is 0.564. The summed E-state index contributed by atoms with van der Waals surface area (Å²) in [4.78, 5) is 25.0. The van der Waals surface area contributed by atoms with Crippen molar-refractivity contribution >= 4 is 27.3 Å². The first-order chi connectivity index (χ1) is 14.8. The fourth-order valence-electron chi connectivity index (χ4n) is 3.40. The number of hydrogen-bond donors (Lipinski definition) is 1. The van der Waals surface area contributed by atoms with Crippen molar-refractivity contribution in [2.75, 3.05) is 21.9 Å². The van der Waals surface area contributed by atoms with Crippen LogP contribution in [0.25, 0.3) is 5.69 Å². The molecule has 0 spiro atoms. The molecule has 2 aromatic carbocycles. The predicted octanol–water partition coefficient (Wildman–Crippen LogP) is 2.47. The molecular formula is C21H19FN4O4S. The number of rotatable bonds is 4. The molecular weight excluding hydrogens is 423 g/mol. The van der Waals surface area contributed by atoms with Gasteiger partial charge in [0.1, 0.15) is 11.5 Å². The van der Waals surface area contributed by atoms with Crippen molar-refractivity contribution in [2.24, 2.45) is 0 Å². The molecule has 1 fully saturated rings. The highest BCUT2D eigenvalue weighted by atomic mass is 32.2. The summed E-state index contributed by atoms with van der Waals surface area (Å²) >= 11 is 0. The molecule has 0 aliphatic carbocycles. The van der Waals surface area contributed by atoms with Gasteiger partial charge in [0.25, 0.3) is 5.91 Å². The molecule has 2 heterocycles. The monoisotopic (exact) mass is 442 g/mol. The van der Waals surface area contributed by atoms with Gasteiger partial charge < -0.3 is 5.32 Å². The highest BCUT2D eigenvalue weighted by Crippen LogP contribution is 2.25. The molecule has 10 heteroatoms. The van der Waals surface area contributed by atoms with Crippen LogP contribution in [0.15, 0.2) is 59.4 Å². The number of carbonyl (C=O) groups is 1. The second kappa shape index (κ2) is 7.95. The van der Waals surface area contributed by atoms with E-state index in [2.05, 4.69) is 10.4 Å². The molecule has 4 rings (SSSR count). The Morgan fingerprint density at radius 1 is 1.13 bits per heavy atom. The average Bonchev–Trinajstić information content (AvgIpc) is 3.08. The summed E-state index contributed by atoms with van der Waals surface area (Å²) in [6, 6.07) is 13.4. The number of nitrogens with one attached hydrogen (secondary N) is 1. The van der Waals surface area contributed by atoms with Gasteiger partial charge in [-0.05, 0) is 49.7 Å². The number of hydrogen-bond acceptors (Lipinski definition) is 5. The number of aromatic nitrogens is 2. The van der Waals surface area contributed by atoms with Crippen LogP contribution in [-0.2, 0) is 10.0 Å². The standard InChI is InChI=1S/C21H19FN4O4S/c1-14-13-19(27)20(24-26(14)18-6-3-2-5-17(18)22)21(28)23-15-7-9-16(10-8-15)25-11-4-12-31(25,29)30/h2-3,5-10,13H,4,11-12H2,1H3,(H,23,28). The van der Waals surface area contributed by atoms with Crippen LogP contribution in [0.2, 0.25) is 0 Å². The van der Waals surface area contributed by atoms with Crippen LogP contribution in [-0.4, -0.2) is 36.4 Å². The van der Waals surface area contributed by atoms with Crippen molar-refractivity contribution in [3.63, 3.8) is 0 Å². The van der Waals surface area contributed by atoms with E-state index in [1.165, 1.54) is 33.3 Å². The Kier molecular flexibility index (Phi) is 5.32. The Morgan fingerprint density at radius 3 is 2.48 bits per heavy atom. The van der Waals surface area contributed by atoms with E-state index in [1.54, 1.807) is 37.3 Å². The average molecular weight is 442 g/mol. The number of nitrogens with zero attached hydrogens (tertiary/aromatic N) is 3. The maximum Gasteiger partial charge on any atom is 0.280 e. The maximum atomic E-state index is 14.2. The largest absolute Gasteiger partial charge is 0.320 e. The highest BCUT2D eigenvalue weighted by Gasteiger charge is 2.28. The van der Waals surface area contributed by atoms with Gasteiger partial charge in [0.2, 0.25) is 15.5 Å². The van der Waals surface area contributed by atoms with Gasteiger partial charge in [-0.2, -0.15) is 5.10 Å². The lowest BCUT2D eigenvalue weighted by Crippen LogP contribution is -2.27. The highest BCUT2D eigenvalue weighted by molar-refractivity contribution is 7.93. The molecule has 3 aromatic rings. The number of benzene rings is 2. The molecule has 1 aliphatic rings. The van der Waals surface area contributed by atoms with Crippen molar-refractivity contribution in [3.05, 3.63) is 82.0 Å². The third-order valence-corrected chi connectivity index (χ3v) is 6.79. The summed E-state index contributed by atoms with van der Waals surface area (Å²) in [5.74, 6) is -1.18. The topological polar surface area (TPSA) is 101 Å². The summed E-state index contributed by atoms with van der Waals surface area (Å²) in [5.41, 5.74) is 0.380. The molecule has 0 unspecified atom stereocenters. The quantitative estimate of drug-likeness (QED) is 0.669. The molecule has 1 aliphatic heterocycles. The minimum absolute atomic E-state index is 0.110. The molecule has 1 saturated heterocycles. The van der Waals surface area contributed by atoms with E-state index < -0.39 is 27.2 Å². The second-order valence-electron chi connectivity index (χ2n) is 7.10. The number of aryl methyl sites for hydroxylation is 1. The molecule has 0 bridgehead atoms. The fraction of sp³-hybridized carbons (Fsp3) is 0.190. The van der Waals surface area contributed by atoms with Crippen LogP contribution in [0.5, 0.6) is 0 Å². The lowest BCUT2D eigenvalue weighted by Gasteiger charge is -2.17. The van der Waals surface area contributed by atoms with E-state index >= 15 is 0 Å². The molecule has 8 nitrogen and oxygen atoms in total. The van der Waals surface area contributed by atoms with Gasteiger partial charge in [-0.15, -0.1) is 0 Å². The van der Waals surface area contributed by atoms with Crippen LogP contribution >= 0.6 is 0 Å². The molecule has 1 aromatic heterocycles. The van der Waals surface area contributed by atoms with Crippen molar-refractivity contribution in [1.82, 2.24) is 9.78 Å². The number of halogens is 1. The van der Waals surface area contributed by atoms with E-state index in [-0.39, 0.29) is 17.1 Å². The molecule has 1 N–H and O–H groups in total. The van der Waals surface area contributed by atoms with Crippen LogP contribution < -0.4 is 15.1 Å². The molecule has 1 amide bonds. The minimum atomic E-state index is -3.30. The van der Waals surface area contributed by atoms with Gasteiger partial charge >= 0.3 is 0 Å². The first kappa shape index (κ1) is 20.7. The summed E-state index contributed by atoms with van der Waals surface area (Å²) in [5, 5.41) is 6.64. The van der Waals surface area contributed by atoms with E-state index in [0.29, 0.717) is 30.0 Å². The Bertz CT molecular complexity index is 1320. The number of anilines is 2. The van der Waals surface area contributed by atoms with Gasteiger partial charge in [-0.25, -0.2) is 17.5 Å². The van der Waals surface area contributed by atoms with Gasteiger partial charge in [-0.3, -0.25) is 13.9 Å². The fourth-order valence-corrected chi connectivity index (χ4v) is 4.97. The van der Waals surface area contributed by atoms with Crippen molar-refractivity contribution < 1.29 is 17.6 Å². The van der Waals surface area contributed by atoms with Crippen LogP contribution in [0.3, 0.4) is 0 Å². The maximum absolute atomic E-state index is 14.2. The lowest BCUT2D eigenvalue weighted by molar-refractivity contribution is 0.101. The van der Waals surface area contributed by atoms with Gasteiger partial charge in [0.15, 0.2) is 5.69 Å². The second-order valence-corrected chi connectivity index (χ2v) is 9.12. The summed E-state index contributed by atoms with van der Waals surface area (Å²) in [6.45, 7) is 2.00. The number of sulfonamides is 1. The van der Waals surface area contributed by atoms with E-state index in [9.17, 15) is 22.4 Å². The zero-order valence-corrected chi connectivity index (χ0v) is 17.4. The van der Waals surface area contributed by atoms with E-state index in [0.717, 1.165) is 0 Å². The third kappa shape index (κ3) is 4.06. The SMILES string of the molecule is Cc1cc(=O)c(C(=O)Nc2ccc(N3CCCS3(=O)=O)cc2)nn1-c1ccccc1F. The van der Waals surface area contributed by atoms with E-state index in [4.69, 9.17) is 0 Å². The van der Waals surface area contributed by atoms with Crippen molar-refractivity contribution in [3.8, 4) is 5.69 Å². The Balaban J connectivity index is 1.60. The zero-order chi connectivity index (χ0) is 22.2. The number of carbonyl (C=O) groups excluding carboxylic acids is 1. The number of amides is 1. The Morgan fingerprint density at radius 2 is 1.84 bits per heavy atom. The lowest BCUT2D eigenvalue weighted by atomic mass is 10.2. The molecule has 160 valence electrons. The first-order valence-corrected chi connectivity index (χ1v) is 11.1. The number of para-hydroxylation sites is 1. The summed E-state index contributed by atoms with van der Waals surface area (Å²) in [7, 11) is -3.30. The molecule has 0 atom stereocenters. The summed E-state index contributed by atoms with van der Waals surface area (Å²) < 4.78 is 40.8. The zero-order valence-electron chi connectivity index (χ0n) is 16.6. The minimum Gasteiger partial charge on any atom is -0.320 e. The smallest absolute Gasteiger partial charge is 0.280 e. The van der Waals surface area contributed by atoms with E-state index in [1.807, 2.05) is 0 Å². The predicted molar refractivity (Wildman–Crippen MR) is 115 cm³/mol. The Labute approximate surface area is 178 Å². The van der Waals surface area contributed by atoms with Crippen LogP contribution in [0.4, 0.5) is 15.8 Å². The molecule has 0 radical (unpaired) electrons. The van der Waals surface area contributed by atoms with Crippen LogP contribution in [0.1, 0.15) is 22.6 Å². The van der Waals surface area contributed by atoms with Crippen molar-refractivity contribution in [2.45, 2.75) is 13.3 Å². The molecule has 0 saturated carbocycles. The van der Waals surface area contributed by atoms with Gasteiger partial charge in [0, 0.05) is 24.0 Å². The van der Waals surface area contributed by atoms with Gasteiger partial charge in [0.05, 0.1) is 11.4 Å². The van der Waals surface area contributed by atoms with Gasteiger partial charge in [-0.1, -0.05) is 12.1 Å². The van der Waals surface area contributed by atoms with Crippen molar-refractivity contribution in [1.29, 1.82) is 0 Å². The first-order valence-electron chi connectivity index (χ1n) is 9.54. The normalized spacial score (nSPS) is 15.1. The molecule has 31 heavy (non-hydrogen) atoms. The Hall–Kier alpha value is -3.53. The third-order valence-electron chi connectivity index (χ3n) is 4.92. The van der Waals surface area contributed by atoms with Crippen LogP contribution in [0, 0.1) is 12.7 Å².